The topological polar surface area (TPSA) is 29.5 Å². The molecule has 0 saturated heterocycles. The van der Waals surface area contributed by atoms with E-state index in [4.69, 9.17) is 4.74 Å². The summed E-state index contributed by atoms with van der Waals surface area (Å²) in [6.07, 6.45) is 0. The summed E-state index contributed by atoms with van der Waals surface area (Å²) >= 11 is 3.39. The first-order valence-electron chi connectivity index (χ1n) is 6.22. The molecule has 0 aliphatic carbocycles. The molecule has 2 rings (SSSR count). The maximum Gasteiger partial charge on any atom is 0.258 e. The summed E-state index contributed by atoms with van der Waals surface area (Å²) in [7, 11) is 3.37. The van der Waals surface area contributed by atoms with E-state index in [-0.39, 0.29) is 5.91 Å². The van der Waals surface area contributed by atoms with E-state index in [0.717, 1.165) is 22.3 Å². The highest BCUT2D eigenvalue weighted by molar-refractivity contribution is 9.08. The average Bonchev–Trinajstić information content (AvgIpc) is 2.53. The molecule has 0 N–H and O–H groups in total. The second-order valence-corrected chi connectivity index (χ2v) is 4.96. The Balaban J connectivity index is 2.22. The van der Waals surface area contributed by atoms with Gasteiger partial charge in [0.25, 0.3) is 5.91 Å². The number of rotatable bonds is 4. The number of benzene rings is 2. The fourth-order valence-corrected chi connectivity index (χ4v) is 2.24. The summed E-state index contributed by atoms with van der Waals surface area (Å²) in [5, 5.41) is 0.785. The smallest absolute Gasteiger partial charge is 0.258 e. The zero-order valence-electron chi connectivity index (χ0n) is 11.5. The molecular weight excluding hydrogens is 318 g/mol. The lowest BCUT2D eigenvalue weighted by Gasteiger charge is -2.18. The van der Waals surface area contributed by atoms with Crippen LogP contribution in [0.4, 0.5) is 5.69 Å². The van der Waals surface area contributed by atoms with Crippen LogP contribution in [-0.4, -0.2) is 20.1 Å². The van der Waals surface area contributed by atoms with E-state index in [2.05, 4.69) is 15.9 Å². The standard InChI is InChI=1S/C16H16BrNO2/c1-18(14-4-3-5-15(10-14)20-2)16(19)13-8-6-12(11-17)7-9-13/h3-10H,11H2,1-2H3. The summed E-state index contributed by atoms with van der Waals surface area (Å²) < 4.78 is 5.18. The Morgan fingerprint density at radius 1 is 1.20 bits per heavy atom. The van der Waals surface area contributed by atoms with Crippen molar-refractivity contribution in [1.82, 2.24) is 0 Å². The number of hydrogen-bond donors (Lipinski definition) is 0. The van der Waals surface area contributed by atoms with Crippen molar-refractivity contribution in [2.24, 2.45) is 0 Å². The lowest BCUT2D eigenvalue weighted by molar-refractivity contribution is 0.0993. The Morgan fingerprint density at radius 3 is 2.50 bits per heavy atom. The van der Waals surface area contributed by atoms with Gasteiger partial charge in [-0.2, -0.15) is 0 Å². The highest BCUT2D eigenvalue weighted by Crippen LogP contribution is 2.21. The summed E-state index contributed by atoms with van der Waals surface area (Å²) in [6, 6.07) is 15.0. The first-order chi connectivity index (χ1) is 9.65. The maximum absolute atomic E-state index is 12.4. The summed E-state index contributed by atoms with van der Waals surface area (Å²) in [4.78, 5) is 14.0. The number of carbonyl (C=O) groups is 1. The van der Waals surface area contributed by atoms with E-state index in [0.29, 0.717) is 5.56 Å². The molecule has 3 nitrogen and oxygen atoms in total. The second kappa shape index (κ2) is 6.57. The third-order valence-corrected chi connectivity index (χ3v) is 3.75. The lowest BCUT2D eigenvalue weighted by Crippen LogP contribution is -2.26. The molecule has 0 aromatic heterocycles. The number of halogens is 1. The number of methoxy groups -OCH3 is 1. The van der Waals surface area contributed by atoms with Gasteiger partial charge in [0.2, 0.25) is 0 Å². The molecule has 0 saturated carbocycles. The predicted octanol–water partition coefficient (Wildman–Crippen LogP) is 3.87. The lowest BCUT2D eigenvalue weighted by atomic mass is 10.1. The molecule has 2 aromatic rings. The molecule has 0 aliphatic rings. The Kier molecular flexibility index (Phi) is 4.79. The average molecular weight is 334 g/mol. The van der Waals surface area contributed by atoms with Gasteiger partial charge in [0.05, 0.1) is 7.11 Å². The fraction of sp³-hybridized carbons (Fsp3) is 0.188. The van der Waals surface area contributed by atoms with E-state index in [1.807, 2.05) is 48.5 Å². The van der Waals surface area contributed by atoms with Crippen molar-refractivity contribution in [2.75, 3.05) is 19.1 Å². The molecule has 0 spiro atoms. The first-order valence-corrected chi connectivity index (χ1v) is 7.35. The van der Waals surface area contributed by atoms with Gasteiger partial charge < -0.3 is 9.64 Å². The first kappa shape index (κ1) is 14.6. The van der Waals surface area contributed by atoms with Gasteiger partial charge in [0.1, 0.15) is 5.75 Å². The molecule has 20 heavy (non-hydrogen) atoms. The van der Waals surface area contributed by atoms with Crippen molar-refractivity contribution in [2.45, 2.75) is 5.33 Å². The fourth-order valence-electron chi connectivity index (χ4n) is 1.87. The van der Waals surface area contributed by atoms with Crippen molar-refractivity contribution in [1.29, 1.82) is 0 Å². The third kappa shape index (κ3) is 3.20. The van der Waals surface area contributed by atoms with Crippen LogP contribution in [0.25, 0.3) is 0 Å². The van der Waals surface area contributed by atoms with Crippen LogP contribution in [0.5, 0.6) is 5.75 Å². The highest BCUT2D eigenvalue weighted by atomic mass is 79.9. The molecule has 4 heteroatoms. The quantitative estimate of drug-likeness (QED) is 0.795. The number of hydrogen-bond acceptors (Lipinski definition) is 2. The molecular formula is C16H16BrNO2. The zero-order valence-corrected chi connectivity index (χ0v) is 13.1. The van der Waals surface area contributed by atoms with E-state index in [1.165, 1.54) is 0 Å². The molecule has 0 unspecified atom stereocenters. The van der Waals surface area contributed by atoms with Gasteiger partial charge in [0, 0.05) is 29.7 Å². The number of ether oxygens (including phenoxy) is 1. The van der Waals surface area contributed by atoms with E-state index in [9.17, 15) is 4.79 Å². The van der Waals surface area contributed by atoms with Gasteiger partial charge in [-0.3, -0.25) is 4.79 Å². The molecule has 104 valence electrons. The van der Waals surface area contributed by atoms with Crippen LogP contribution in [0.15, 0.2) is 48.5 Å². The van der Waals surface area contributed by atoms with Crippen molar-refractivity contribution < 1.29 is 9.53 Å². The SMILES string of the molecule is COc1cccc(N(C)C(=O)c2ccc(CBr)cc2)c1. The van der Waals surface area contributed by atoms with Crippen molar-refractivity contribution in [3.05, 3.63) is 59.7 Å². The highest BCUT2D eigenvalue weighted by Gasteiger charge is 2.13. The minimum Gasteiger partial charge on any atom is -0.497 e. The maximum atomic E-state index is 12.4. The number of carbonyl (C=O) groups excluding carboxylic acids is 1. The van der Waals surface area contributed by atoms with E-state index in [1.54, 1.807) is 19.1 Å². The second-order valence-electron chi connectivity index (χ2n) is 4.40. The van der Waals surface area contributed by atoms with E-state index >= 15 is 0 Å². The largest absolute Gasteiger partial charge is 0.497 e. The molecule has 0 atom stereocenters. The van der Waals surface area contributed by atoms with Crippen LogP contribution in [0.3, 0.4) is 0 Å². The Hall–Kier alpha value is -1.81. The van der Waals surface area contributed by atoms with Gasteiger partial charge in [-0.25, -0.2) is 0 Å². The van der Waals surface area contributed by atoms with Crippen LogP contribution in [-0.2, 0) is 5.33 Å². The van der Waals surface area contributed by atoms with Crippen LogP contribution >= 0.6 is 15.9 Å². The number of nitrogens with zero attached hydrogens (tertiary/aromatic N) is 1. The number of alkyl halides is 1. The Bertz CT molecular complexity index is 596. The minimum absolute atomic E-state index is 0.0422. The normalized spacial score (nSPS) is 10.2. The number of amides is 1. The third-order valence-electron chi connectivity index (χ3n) is 3.10. The summed E-state index contributed by atoms with van der Waals surface area (Å²) in [6.45, 7) is 0. The summed E-state index contributed by atoms with van der Waals surface area (Å²) in [5.41, 5.74) is 2.62. The van der Waals surface area contributed by atoms with Crippen LogP contribution < -0.4 is 9.64 Å². The van der Waals surface area contributed by atoms with Crippen molar-refractivity contribution in [3.8, 4) is 5.75 Å². The summed E-state index contributed by atoms with van der Waals surface area (Å²) in [5.74, 6) is 0.691. The molecule has 1 amide bonds. The van der Waals surface area contributed by atoms with Gasteiger partial charge in [-0.1, -0.05) is 34.1 Å². The Morgan fingerprint density at radius 2 is 1.90 bits per heavy atom. The minimum atomic E-state index is -0.0422. The molecule has 2 aromatic carbocycles. The van der Waals surface area contributed by atoms with Crippen LogP contribution in [0.2, 0.25) is 0 Å². The molecule has 0 heterocycles. The number of anilines is 1. The van der Waals surface area contributed by atoms with Gasteiger partial charge >= 0.3 is 0 Å². The van der Waals surface area contributed by atoms with Gasteiger partial charge in [-0.05, 0) is 29.8 Å². The van der Waals surface area contributed by atoms with Crippen LogP contribution in [0, 0.1) is 0 Å². The van der Waals surface area contributed by atoms with Crippen molar-refractivity contribution in [3.63, 3.8) is 0 Å². The predicted molar refractivity (Wildman–Crippen MR) is 84.8 cm³/mol. The van der Waals surface area contributed by atoms with Gasteiger partial charge in [-0.15, -0.1) is 0 Å². The molecule has 0 radical (unpaired) electrons. The molecule has 0 bridgehead atoms. The monoisotopic (exact) mass is 333 g/mol. The van der Waals surface area contributed by atoms with E-state index < -0.39 is 0 Å². The molecule has 0 fully saturated rings. The van der Waals surface area contributed by atoms with Gasteiger partial charge in [0.15, 0.2) is 0 Å². The molecule has 0 aliphatic heterocycles. The zero-order chi connectivity index (χ0) is 14.5. The van der Waals surface area contributed by atoms with Crippen LogP contribution in [0.1, 0.15) is 15.9 Å². The van der Waals surface area contributed by atoms with Crippen molar-refractivity contribution >= 4 is 27.5 Å². The Labute approximate surface area is 127 Å².